The van der Waals surface area contributed by atoms with Crippen molar-refractivity contribution in [2.75, 3.05) is 14.2 Å². The van der Waals surface area contributed by atoms with Crippen LogP contribution in [0.25, 0.3) is 0 Å². The Morgan fingerprint density at radius 2 is 1.69 bits per heavy atom. The molecule has 26 heavy (non-hydrogen) atoms. The molecule has 1 amide bonds. The van der Waals surface area contributed by atoms with E-state index in [1.54, 1.807) is 21.1 Å². The van der Waals surface area contributed by atoms with Crippen molar-refractivity contribution in [2.24, 2.45) is 0 Å². The summed E-state index contributed by atoms with van der Waals surface area (Å²) in [6.07, 6.45) is -0.588. The van der Waals surface area contributed by atoms with E-state index in [2.05, 4.69) is 11.4 Å². The standard InChI is InChI=1S/C21H27NO4/c1-13-9-14(2)15(3)19(10-13)26-16(4)21(23)22-12-17-7-8-18(24-5)20(11-17)25-6/h7-11,16H,12H2,1-6H3,(H,22,23)/t16-/m0/s1. The third kappa shape index (κ3) is 4.69. The van der Waals surface area contributed by atoms with Gasteiger partial charge in [-0.05, 0) is 68.1 Å². The van der Waals surface area contributed by atoms with Gasteiger partial charge >= 0.3 is 0 Å². The zero-order valence-corrected chi connectivity index (χ0v) is 16.3. The van der Waals surface area contributed by atoms with Crippen LogP contribution >= 0.6 is 0 Å². The molecule has 5 nitrogen and oxygen atoms in total. The number of rotatable bonds is 7. The van der Waals surface area contributed by atoms with Crippen LogP contribution < -0.4 is 19.5 Å². The molecular weight excluding hydrogens is 330 g/mol. The van der Waals surface area contributed by atoms with Gasteiger partial charge in [-0.3, -0.25) is 4.79 Å². The van der Waals surface area contributed by atoms with Crippen LogP contribution in [0.4, 0.5) is 0 Å². The zero-order valence-electron chi connectivity index (χ0n) is 16.3. The first-order valence-corrected chi connectivity index (χ1v) is 8.58. The highest BCUT2D eigenvalue weighted by Crippen LogP contribution is 2.27. The quantitative estimate of drug-likeness (QED) is 0.821. The molecule has 0 radical (unpaired) electrons. The molecule has 0 aliphatic heterocycles. The van der Waals surface area contributed by atoms with Crippen molar-refractivity contribution in [3.63, 3.8) is 0 Å². The average molecular weight is 357 g/mol. The summed E-state index contributed by atoms with van der Waals surface area (Å²) in [5, 5.41) is 2.90. The molecule has 0 aliphatic carbocycles. The molecule has 0 aromatic heterocycles. The summed E-state index contributed by atoms with van der Waals surface area (Å²) < 4.78 is 16.4. The second-order valence-electron chi connectivity index (χ2n) is 6.37. The fourth-order valence-electron chi connectivity index (χ4n) is 2.69. The summed E-state index contributed by atoms with van der Waals surface area (Å²) in [5.41, 5.74) is 4.24. The summed E-state index contributed by atoms with van der Waals surface area (Å²) in [7, 11) is 3.18. The number of hydrogen-bond acceptors (Lipinski definition) is 4. The molecule has 0 aliphatic rings. The maximum Gasteiger partial charge on any atom is 0.261 e. The largest absolute Gasteiger partial charge is 0.493 e. The van der Waals surface area contributed by atoms with Gasteiger partial charge in [-0.25, -0.2) is 0 Å². The molecule has 0 spiro atoms. The van der Waals surface area contributed by atoms with Crippen LogP contribution in [0, 0.1) is 20.8 Å². The van der Waals surface area contributed by atoms with Gasteiger partial charge in [0.05, 0.1) is 14.2 Å². The lowest BCUT2D eigenvalue weighted by molar-refractivity contribution is -0.127. The number of aryl methyl sites for hydroxylation is 2. The van der Waals surface area contributed by atoms with Crippen LogP contribution in [-0.2, 0) is 11.3 Å². The van der Waals surface area contributed by atoms with Gasteiger partial charge in [0, 0.05) is 6.54 Å². The van der Waals surface area contributed by atoms with Crippen LogP contribution in [-0.4, -0.2) is 26.2 Å². The lowest BCUT2D eigenvalue weighted by Gasteiger charge is -2.18. The molecule has 0 heterocycles. The Balaban J connectivity index is 2.00. The van der Waals surface area contributed by atoms with Gasteiger partial charge in [-0.1, -0.05) is 12.1 Å². The minimum Gasteiger partial charge on any atom is -0.493 e. The van der Waals surface area contributed by atoms with E-state index in [-0.39, 0.29) is 5.91 Å². The topological polar surface area (TPSA) is 56.8 Å². The van der Waals surface area contributed by atoms with E-state index in [0.717, 1.165) is 28.0 Å². The molecule has 0 saturated heterocycles. The highest BCUT2D eigenvalue weighted by molar-refractivity contribution is 5.80. The highest BCUT2D eigenvalue weighted by Gasteiger charge is 2.16. The number of nitrogens with one attached hydrogen (secondary N) is 1. The first kappa shape index (κ1) is 19.6. The van der Waals surface area contributed by atoms with Crippen molar-refractivity contribution in [3.8, 4) is 17.2 Å². The third-order valence-corrected chi connectivity index (χ3v) is 4.35. The lowest BCUT2D eigenvalue weighted by atomic mass is 10.1. The van der Waals surface area contributed by atoms with Gasteiger partial charge in [0.15, 0.2) is 17.6 Å². The SMILES string of the molecule is COc1ccc(CNC(=O)[C@H](C)Oc2cc(C)cc(C)c2C)cc1OC. The molecule has 2 rings (SSSR count). The number of methoxy groups -OCH3 is 2. The number of benzene rings is 2. The summed E-state index contributed by atoms with van der Waals surface area (Å²) in [6, 6.07) is 9.61. The van der Waals surface area contributed by atoms with E-state index in [4.69, 9.17) is 14.2 Å². The van der Waals surface area contributed by atoms with Crippen LogP contribution in [0.15, 0.2) is 30.3 Å². The molecule has 140 valence electrons. The van der Waals surface area contributed by atoms with Crippen LogP contribution in [0.2, 0.25) is 0 Å². The van der Waals surface area contributed by atoms with Gasteiger partial charge in [-0.15, -0.1) is 0 Å². The smallest absolute Gasteiger partial charge is 0.261 e. The van der Waals surface area contributed by atoms with E-state index in [1.807, 2.05) is 45.0 Å². The van der Waals surface area contributed by atoms with Crippen molar-refractivity contribution < 1.29 is 19.0 Å². The molecule has 0 bridgehead atoms. The summed E-state index contributed by atoms with van der Waals surface area (Å²) >= 11 is 0. The second kappa shape index (κ2) is 8.61. The van der Waals surface area contributed by atoms with Crippen molar-refractivity contribution in [1.29, 1.82) is 0 Å². The van der Waals surface area contributed by atoms with Crippen LogP contribution in [0.5, 0.6) is 17.2 Å². The third-order valence-electron chi connectivity index (χ3n) is 4.35. The summed E-state index contributed by atoms with van der Waals surface area (Å²) in [5.74, 6) is 1.87. The van der Waals surface area contributed by atoms with Crippen molar-refractivity contribution in [2.45, 2.75) is 40.3 Å². The normalized spacial score (nSPS) is 11.6. The molecule has 1 N–H and O–H groups in total. The average Bonchev–Trinajstić information content (AvgIpc) is 2.63. The maximum atomic E-state index is 12.4. The monoisotopic (exact) mass is 357 g/mol. The summed E-state index contributed by atoms with van der Waals surface area (Å²) in [6.45, 7) is 8.19. The van der Waals surface area contributed by atoms with Crippen LogP contribution in [0.3, 0.4) is 0 Å². The molecule has 0 fully saturated rings. The van der Waals surface area contributed by atoms with E-state index in [0.29, 0.717) is 18.0 Å². The zero-order chi connectivity index (χ0) is 19.3. The van der Waals surface area contributed by atoms with Gasteiger partial charge < -0.3 is 19.5 Å². The predicted molar refractivity (Wildman–Crippen MR) is 102 cm³/mol. The van der Waals surface area contributed by atoms with E-state index in [9.17, 15) is 4.79 Å². The number of hydrogen-bond donors (Lipinski definition) is 1. The Morgan fingerprint density at radius 1 is 1.00 bits per heavy atom. The van der Waals surface area contributed by atoms with E-state index in [1.165, 1.54) is 0 Å². The summed E-state index contributed by atoms with van der Waals surface area (Å²) in [4.78, 5) is 12.4. The Labute approximate surface area is 155 Å². The number of amides is 1. The Kier molecular flexibility index (Phi) is 6.50. The van der Waals surface area contributed by atoms with Crippen molar-refractivity contribution >= 4 is 5.91 Å². The molecular formula is C21H27NO4. The van der Waals surface area contributed by atoms with Crippen LogP contribution in [0.1, 0.15) is 29.2 Å². The lowest BCUT2D eigenvalue weighted by Crippen LogP contribution is -2.36. The Hall–Kier alpha value is -2.69. The first-order chi connectivity index (χ1) is 12.3. The minimum atomic E-state index is -0.588. The molecule has 0 unspecified atom stereocenters. The molecule has 1 atom stereocenters. The van der Waals surface area contributed by atoms with Crippen molar-refractivity contribution in [3.05, 3.63) is 52.6 Å². The maximum absolute atomic E-state index is 12.4. The number of carbonyl (C=O) groups is 1. The molecule has 5 heteroatoms. The van der Waals surface area contributed by atoms with Gasteiger partial charge in [0.1, 0.15) is 5.75 Å². The van der Waals surface area contributed by atoms with Gasteiger partial charge in [0.25, 0.3) is 5.91 Å². The molecule has 0 saturated carbocycles. The molecule has 2 aromatic carbocycles. The van der Waals surface area contributed by atoms with E-state index < -0.39 is 6.10 Å². The number of carbonyl (C=O) groups excluding carboxylic acids is 1. The second-order valence-corrected chi connectivity index (χ2v) is 6.37. The highest BCUT2D eigenvalue weighted by atomic mass is 16.5. The first-order valence-electron chi connectivity index (χ1n) is 8.58. The van der Waals surface area contributed by atoms with Gasteiger partial charge in [0.2, 0.25) is 0 Å². The Morgan fingerprint density at radius 3 is 2.35 bits per heavy atom. The Bertz CT molecular complexity index is 786. The minimum absolute atomic E-state index is 0.168. The fraction of sp³-hybridized carbons (Fsp3) is 0.381. The predicted octanol–water partition coefficient (Wildman–Crippen LogP) is 3.71. The fourth-order valence-corrected chi connectivity index (χ4v) is 2.69. The van der Waals surface area contributed by atoms with Crippen molar-refractivity contribution in [1.82, 2.24) is 5.32 Å². The molecule has 2 aromatic rings. The number of ether oxygens (including phenoxy) is 3. The van der Waals surface area contributed by atoms with Gasteiger partial charge in [-0.2, -0.15) is 0 Å². The van der Waals surface area contributed by atoms with E-state index >= 15 is 0 Å².